The molecule has 2 fully saturated rings. The van der Waals surface area contributed by atoms with Crippen molar-refractivity contribution in [2.45, 2.75) is 36.6 Å². The van der Waals surface area contributed by atoms with Crippen LogP contribution in [-0.2, 0) is 5.41 Å². The van der Waals surface area contributed by atoms with Crippen molar-refractivity contribution in [1.82, 2.24) is 4.98 Å². The molecule has 0 spiro atoms. The average molecular weight is 204 g/mol. The van der Waals surface area contributed by atoms with Crippen molar-refractivity contribution in [3.8, 4) is 5.88 Å². The van der Waals surface area contributed by atoms with Crippen LogP contribution in [0.1, 0.15) is 31.4 Å². The van der Waals surface area contributed by atoms with Gasteiger partial charge in [0.15, 0.2) is 0 Å². The molecule has 0 aliphatic heterocycles. The van der Waals surface area contributed by atoms with E-state index in [0.717, 1.165) is 18.5 Å². The quantitative estimate of drug-likeness (QED) is 0.813. The van der Waals surface area contributed by atoms with Gasteiger partial charge in [0.25, 0.3) is 0 Å². The highest BCUT2D eigenvalue weighted by Crippen LogP contribution is 2.63. The summed E-state index contributed by atoms with van der Waals surface area (Å²) >= 11 is 0. The number of hydrogen-bond donors (Lipinski definition) is 1. The van der Waals surface area contributed by atoms with Crippen molar-refractivity contribution >= 4 is 0 Å². The molecule has 0 saturated heterocycles. The summed E-state index contributed by atoms with van der Waals surface area (Å²) in [5, 5.41) is 0. The Morgan fingerprint density at radius 1 is 1.27 bits per heavy atom. The topological polar surface area (TPSA) is 48.1 Å². The highest BCUT2D eigenvalue weighted by Gasteiger charge is 2.65. The molecule has 3 rings (SSSR count). The Bertz CT molecular complexity index is 394. The Balaban J connectivity index is 1.98. The lowest BCUT2D eigenvalue weighted by atomic mass is 9.90. The lowest BCUT2D eigenvalue weighted by Crippen LogP contribution is -2.37. The number of pyridine rings is 1. The summed E-state index contributed by atoms with van der Waals surface area (Å²) in [7, 11) is 1.65. The second-order valence-corrected chi connectivity index (χ2v) is 4.80. The summed E-state index contributed by atoms with van der Waals surface area (Å²) in [5.74, 6) is 0.697. The Labute approximate surface area is 89.6 Å². The number of nitrogens with zero attached hydrogens (tertiary/aromatic N) is 1. The normalized spacial score (nSPS) is 24.7. The molecule has 2 aliphatic carbocycles. The van der Waals surface area contributed by atoms with E-state index in [0.29, 0.717) is 5.88 Å². The molecule has 1 heterocycles. The molecule has 15 heavy (non-hydrogen) atoms. The van der Waals surface area contributed by atoms with Crippen LogP contribution in [0.15, 0.2) is 18.2 Å². The zero-order valence-corrected chi connectivity index (χ0v) is 8.99. The second kappa shape index (κ2) is 2.73. The molecule has 3 heteroatoms. The van der Waals surface area contributed by atoms with Crippen LogP contribution < -0.4 is 10.5 Å². The minimum absolute atomic E-state index is 0.0341. The van der Waals surface area contributed by atoms with Gasteiger partial charge in [-0.1, -0.05) is 6.07 Å². The molecule has 2 saturated carbocycles. The SMILES string of the molecule is COc1cccc(C2(C3(N)CC3)CC2)n1. The van der Waals surface area contributed by atoms with Gasteiger partial charge in [0.1, 0.15) is 0 Å². The third kappa shape index (κ3) is 1.19. The van der Waals surface area contributed by atoms with Crippen LogP contribution in [-0.4, -0.2) is 17.6 Å². The van der Waals surface area contributed by atoms with Gasteiger partial charge in [0.05, 0.1) is 12.8 Å². The van der Waals surface area contributed by atoms with Crippen LogP contribution in [0.2, 0.25) is 0 Å². The zero-order chi connectivity index (χ0) is 10.5. The van der Waals surface area contributed by atoms with E-state index >= 15 is 0 Å². The van der Waals surface area contributed by atoms with Crippen molar-refractivity contribution in [3.63, 3.8) is 0 Å². The fourth-order valence-corrected chi connectivity index (χ4v) is 2.54. The maximum absolute atomic E-state index is 6.33. The lowest BCUT2D eigenvalue weighted by molar-refractivity contribution is 0.390. The number of ether oxygens (including phenoxy) is 1. The van der Waals surface area contributed by atoms with E-state index in [1.54, 1.807) is 7.11 Å². The first-order valence-electron chi connectivity index (χ1n) is 5.51. The summed E-state index contributed by atoms with van der Waals surface area (Å²) in [6.07, 6.45) is 4.66. The predicted molar refractivity (Wildman–Crippen MR) is 57.9 cm³/mol. The number of methoxy groups -OCH3 is 1. The van der Waals surface area contributed by atoms with Crippen molar-refractivity contribution in [2.75, 3.05) is 7.11 Å². The zero-order valence-electron chi connectivity index (χ0n) is 8.99. The first-order chi connectivity index (χ1) is 7.20. The number of nitrogens with two attached hydrogens (primary N) is 1. The van der Waals surface area contributed by atoms with E-state index in [9.17, 15) is 0 Å². The Morgan fingerprint density at radius 2 is 2.00 bits per heavy atom. The smallest absolute Gasteiger partial charge is 0.213 e. The summed E-state index contributed by atoms with van der Waals surface area (Å²) < 4.78 is 5.16. The first kappa shape index (κ1) is 9.16. The lowest BCUT2D eigenvalue weighted by Gasteiger charge is -2.22. The van der Waals surface area contributed by atoms with Gasteiger partial charge in [0.2, 0.25) is 5.88 Å². The molecule has 0 aromatic carbocycles. The molecule has 0 atom stereocenters. The molecule has 0 amide bonds. The molecule has 80 valence electrons. The van der Waals surface area contributed by atoms with Crippen molar-refractivity contribution < 1.29 is 4.74 Å². The van der Waals surface area contributed by atoms with Crippen LogP contribution in [0.3, 0.4) is 0 Å². The van der Waals surface area contributed by atoms with Crippen LogP contribution >= 0.6 is 0 Å². The van der Waals surface area contributed by atoms with Crippen molar-refractivity contribution in [3.05, 3.63) is 23.9 Å². The van der Waals surface area contributed by atoms with E-state index in [2.05, 4.69) is 11.1 Å². The molecular formula is C12H16N2O. The van der Waals surface area contributed by atoms with Gasteiger partial charge in [-0.3, -0.25) is 0 Å². The average Bonchev–Trinajstić information content (AvgIpc) is 3.13. The molecule has 2 N–H and O–H groups in total. The van der Waals surface area contributed by atoms with E-state index in [4.69, 9.17) is 10.5 Å². The number of rotatable bonds is 3. The van der Waals surface area contributed by atoms with Crippen LogP contribution in [0.4, 0.5) is 0 Å². The number of hydrogen-bond acceptors (Lipinski definition) is 3. The molecule has 1 aromatic rings. The van der Waals surface area contributed by atoms with Crippen molar-refractivity contribution in [1.29, 1.82) is 0 Å². The molecule has 1 aromatic heterocycles. The van der Waals surface area contributed by atoms with E-state index < -0.39 is 0 Å². The van der Waals surface area contributed by atoms with Gasteiger partial charge in [-0.2, -0.15) is 0 Å². The highest BCUT2D eigenvalue weighted by atomic mass is 16.5. The summed E-state index contributed by atoms with van der Waals surface area (Å²) in [4.78, 5) is 4.53. The first-order valence-corrected chi connectivity index (χ1v) is 5.51. The standard InChI is InChI=1S/C12H16N2O/c1-15-10-4-2-3-9(14-10)11(5-6-11)12(13)7-8-12/h2-4H,5-8,13H2,1H3. The molecule has 0 radical (unpaired) electrons. The third-order valence-electron chi connectivity index (χ3n) is 3.91. The molecular weight excluding hydrogens is 188 g/mol. The largest absolute Gasteiger partial charge is 0.481 e. The fraction of sp³-hybridized carbons (Fsp3) is 0.583. The molecule has 0 unspecified atom stereocenters. The summed E-state index contributed by atoms with van der Waals surface area (Å²) in [6.45, 7) is 0. The van der Waals surface area contributed by atoms with E-state index in [-0.39, 0.29) is 11.0 Å². The van der Waals surface area contributed by atoms with E-state index in [1.807, 2.05) is 12.1 Å². The fourth-order valence-electron chi connectivity index (χ4n) is 2.54. The monoisotopic (exact) mass is 204 g/mol. The maximum atomic E-state index is 6.33. The van der Waals surface area contributed by atoms with Gasteiger partial charge in [0, 0.05) is 17.0 Å². The Morgan fingerprint density at radius 3 is 2.53 bits per heavy atom. The van der Waals surface area contributed by atoms with Crippen LogP contribution in [0.25, 0.3) is 0 Å². The second-order valence-electron chi connectivity index (χ2n) is 4.80. The third-order valence-corrected chi connectivity index (χ3v) is 3.91. The van der Waals surface area contributed by atoms with E-state index in [1.165, 1.54) is 12.8 Å². The predicted octanol–water partition coefficient (Wildman–Crippen LogP) is 1.61. The van der Waals surface area contributed by atoms with Crippen LogP contribution in [0.5, 0.6) is 5.88 Å². The Hall–Kier alpha value is -1.09. The van der Waals surface area contributed by atoms with Gasteiger partial charge in [-0.25, -0.2) is 4.98 Å². The van der Waals surface area contributed by atoms with Crippen LogP contribution in [0, 0.1) is 0 Å². The van der Waals surface area contributed by atoms with Crippen molar-refractivity contribution in [2.24, 2.45) is 5.73 Å². The van der Waals surface area contributed by atoms with Gasteiger partial charge >= 0.3 is 0 Å². The molecule has 2 aliphatic rings. The van der Waals surface area contributed by atoms with Gasteiger partial charge < -0.3 is 10.5 Å². The van der Waals surface area contributed by atoms with Gasteiger partial charge in [-0.15, -0.1) is 0 Å². The minimum Gasteiger partial charge on any atom is -0.481 e. The minimum atomic E-state index is 0.0341. The maximum Gasteiger partial charge on any atom is 0.213 e. The summed E-state index contributed by atoms with van der Waals surface area (Å²) in [5.41, 5.74) is 7.66. The Kier molecular flexibility index (Phi) is 1.67. The molecule has 0 bridgehead atoms. The number of aromatic nitrogens is 1. The highest BCUT2D eigenvalue weighted by molar-refractivity contribution is 5.37. The van der Waals surface area contributed by atoms with Gasteiger partial charge in [-0.05, 0) is 31.7 Å². The summed E-state index contributed by atoms with van der Waals surface area (Å²) in [6, 6.07) is 5.98. The molecule has 3 nitrogen and oxygen atoms in total.